The van der Waals surface area contributed by atoms with Crippen LogP contribution in [0.5, 0.6) is 0 Å². The molecule has 0 aromatic carbocycles. The Hall–Kier alpha value is -2.17. The number of aromatic nitrogens is 3. The summed E-state index contributed by atoms with van der Waals surface area (Å²) in [5.41, 5.74) is 6.91. The van der Waals surface area contributed by atoms with Gasteiger partial charge < -0.3 is 5.73 Å². The zero-order valence-electron chi connectivity index (χ0n) is 7.27. The van der Waals surface area contributed by atoms with Crippen molar-refractivity contribution in [1.29, 1.82) is 0 Å². The maximum absolute atomic E-state index is 11.1. The molecule has 3 N–H and O–H groups in total. The number of amides is 1. The number of pyridine rings is 1. The number of nitrogens with zero attached hydrogens (tertiary/aromatic N) is 2. The number of nitrogens with one attached hydrogen (secondary N) is 1. The fourth-order valence-electron chi connectivity index (χ4n) is 1.21. The average Bonchev–Trinajstić information content (AvgIpc) is 2.70. The van der Waals surface area contributed by atoms with E-state index in [1.165, 1.54) is 0 Å². The summed E-state index contributed by atoms with van der Waals surface area (Å²) < 4.78 is 0. The SMILES string of the molecule is NC(=O)c1cccnc1-c1cn[nH]c1. The van der Waals surface area contributed by atoms with Gasteiger partial charge in [0.2, 0.25) is 0 Å². The molecule has 0 aliphatic rings. The lowest BCUT2D eigenvalue weighted by Crippen LogP contribution is -2.12. The first-order chi connectivity index (χ1) is 6.79. The third kappa shape index (κ3) is 1.35. The van der Waals surface area contributed by atoms with Crippen LogP contribution in [0.2, 0.25) is 0 Å². The van der Waals surface area contributed by atoms with E-state index in [2.05, 4.69) is 15.2 Å². The van der Waals surface area contributed by atoms with Crippen molar-refractivity contribution in [3.63, 3.8) is 0 Å². The molecule has 5 heteroatoms. The second kappa shape index (κ2) is 3.29. The Labute approximate surface area is 80.0 Å². The molecule has 2 aromatic rings. The first-order valence-electron chi connectivity index (χ1n) is 4.03. The zero-order chi connectivity index (χ0) is 9.97. The molecule has 0 radical (unpaired) electrons. The van der Waals surface area contributed by atoms with Crippen LogP contribution in [0, 0.1) is 0 Å². The Morgan fingerprint density at radius 1 is 1.50 bits per heavy atom. The van der Waals surface area contributed by atoms with Gasteiger partial charge in [-0.3, -0.25) is 14.9 Å². The van der Waals surface area contributed by atoms with Crippen LogP contribution in [-0.4, -0.2) is 21.1 Å². The van der Waals surface area contributed by atoms with Crippen LogP contribution < -0.4 is 5.73 Å². The van der Waals surface area contributed by atoms with E-state index in [1.54, 1.807) is 30.7 Å². The van der Waals surface area contributed by atoms with Crippen molar-refractivity contribution in [3.8, 4) is 11.3 Å². The standard InChI is InChI=1S/C9H8N4O/c10-9(14)7-2-1-3-11-8(7)6-4-12-13-5-6/h1-5H,(H2,10,14)(H,12,13). The smallest absolute Gasteiger partial charge is 0.250 e. The number of carbonyl (C=O) groups excluding carboxylic acids is 1. The van der Waals surface area contributed by atoms with E-state index in [9.17, 15) is 4.79 Å². The summed E-state index contributed by atoms with van der Waals surface area (Å²) in [4.78, 5) is 15.2. The summed E-state index contributed by atoms with van der Waals surface area (Å²) in [5, 5.41) is 6.43. The number of hydrogen-bond donors (Lipinski definition) is 2. The minimum Gasteiger partial charge on any atom is -0.366 e. The highest BCUT2D eigenvalue weighted by Crippen LogP contribution is 2.18. The molecule has 0 aliphatic carbocycles. The minimum absolute atomic E-state index is 0.397. The van der Waals surface area contributed by atoms with E-state index < -0.39 is 5.91 Å². The first-order valence-corrected chi connectivity index (χ1v) is 4.03. The molecule has 70 valence electrons. The molecule has 0 aliphatic heterocycles. The summed E-state index contributed by atoms with van der Waals surface area (Å²) in [6, 6.07) is 3.31. The summed E-state index contributed by atoms with van der Waals surface area (Å²) in [5.74, 6) is -0.491. The Morgan fingerprint density at radius 3 is 3.00 bits per heavy atom. The van der Waals surface area contributed by atoms with Crippen molar-refractivity contribution in [2.75, 3.05) is 0 Å². The zero-order valence-corrected chi connectivity index (χ0v) is 7.27. The van der Waals surface area contributed by atoms with Crippen molar-refractivity contribution >= 4 is 5.91 Å². The Balaban J connectivity index is 2.58. The molecule has 0 unspecified atom stereocenters. The molecule has 0 fully saturated rings. The highest BCUT2D eigenvalue weighted by Gasteiger charge is 2.10. The van der Waals surface area contributed by atoms with Crippen LogP contribution in [0.4, 0.5) is 0 Å². The van der Waals surface area contributed by atoms with Gasteiger partial charge in [0, 0.05) is 18.0 Å². The minimum atomic E-state index is -0.491. The number of hydrogen-bond acceptors (Lipinski definition) is 3. The predicted octanol–water partition coefficient (Wildman–Crippen LogP) is 0.571. The van der Waals surface area contributed by atoms with Gasteiger partial charge in [-0.1, -0.05) is 0 Å². The van der Waals surface area contributed by atoms with Gasteiger partial charge in [0.25, 0.3) is 5.91 Å². The number of H-pyrrole nitrogens is 1. The van der Waals surface area contributed by atoms with E-state index in [0.717, 1.165) is 5.56 Å². The maximum atomic E-state index is 11.1. The van der Waals surface area contributed by atoms with Gasteiger partial charge in [0.15, 0.2) is 0 Å². The number of nitrogens with two attached hydrogens (primary N) is 1. The molecular formula is C9H8N4O. The Kier molecular flexibility index (Phi) is 1.98. The van der Waals surface area contributed by atoms with E-state index in [0.29, 0.717) is 11.3 Å². The van der Waals surface area contributed by atoms with Crippen molar-refractivity contribution in [1.82, 2.24) is 15.2 Å². The van der Waals surface area contributed by atoms with Crippen LogP contribution in [0.3, 0.4) is 0 Å². The topological polar surface area (TPSA) is 84.7 Å². The lowest BCUT2D eigenvalue weighted by atomic mass is 10.1. The lowest BCUT2D eigenvalue weighted by molar-refractivity contribution is 0.100. The van der Waals surface area contributed by atoms with E-state index in [4.69, 9.17) is 5.73 Å². The average molecular weight is 188 g/mol. The highest BCUT2D eigenvalue weighted by atomic mass is 16.1. The van der Waals surface area contributed by atoms with Crippen molar-refractivity contribution in [3.05, 3.63) is 36.3 Å². The van der Waals surface area contributed by atoms with E-state index in [-0.39, 0.29) is 0 Å². The molecule has 0 atom stereocenters. The second-order valence-electron chi connectivity index (χ2n) is 2.75. The fraction of sp³-hybridized carbons (Fsp3) is 0. The molecule has 14 heavy (non-hydrogen) atoms. The van der Waals surface area contributed by atoms with Crippen LogP contribution in [0.25, 0.3) is 11.3 Å². The third-order valence-corrected chi connectivity index (χ3v) is 1.84. The van der Waals surface area contributed by atoms with E-state index in [1.807, 2.05) is 0 Å². The quantitative estimate of drug-likeness (QED) is 0.722. The number of carbonyl (C=O) groups is 1. The number of primary amides is 1. The maximum Gasteiger partial charge on any atom is 0.250 e. The largest absolute Gasteiger partial charge is 0.366 e. The molecule has 1 amide bonds. The first kappa shape index (κ1) is 8.43. The van der Waals surface area contributed by atoms with Crippen LogP contribution in [0.1, 0.15) is 10.4 Å². The fourth-order valence-corrected chi connectivity index (χ4v) is 1.21. The molecule has 0 saturated carbocycles. The van der Waals surface area contributed by atoms with Crippen LogP contribution in [-0.2, 0) is 0 Å². The Bertz CT molecular complexity index is 450. The van der Waals surface area contributed by atoms with Crippen molar-refractivity contribution in [2.24, 2.45) is 5.73 Å². The van der Waals surface area contributed by atoms with Crippen LogP contribution in [0.15, 0.2) is 30.7 Å². The molecule has 2 aromatic heterocycles. The van der Waals surface area contributed by atoms with Gasteiger partial charge in [0.1, 0.15) is 0 Å². The monoisotopic (exact) mass is 188 g/mol. The van der Waals surface area contributed by atoms with Gasteiger partial charge >= 0.3 is 0 Å². The van der Waals surface area contributed by atoms with Gasteiger partial charge in [-0.15, -0.1) is 0 Å². The highest BCUT2D eigenvalue weighted by molar-refractivity contribution is 5.98. The third-order valence-electron chi connectivity index (χ3n) is 1.84. The van der Waals surface area contributed by atoms with Gasteiger partial charge in [-0.2, -0.15) is 5.10 Å². The summed E-state index contributed by atoms with van der Waals surface area (Å²) in [6.07, 6.45) is 4.86. The number of rotatable bonds is 2. The van der Waals surface area contributed by atoms with Crippen molar-refractivity contribution in [2.45, 2.75) is 0 Å². The van der Waals surface area contributed by atoms with Gasteiger partial charge in [-0.05, 0) is 12.1 Å². The summed E-state index contributed by atoms with van der Waals surface area (Å²) in [7, 11) is 0. The molecule has 0 bridgehead atoms. The summed E-state index contributed by atoms with van der Waals surface area (Å²) in [6.45, 7) is 0. The molecule has 5 nitrogen and oxygen atoms in total. The summed E-state index contributed by atoms with van der Waals surface area (Å²) >= 11 is 0. The molecular weight excluding hydrogens is 180 g/mol. The van der Waals surface area contributed by atoms with E-state index >= 15 is 0 Å². The van der Waals surface area contributed by atoms with Crippen LogP contribution >= 0.6 is 0 Å². The second-order valence-corrected chi connectivity index (χ2v) is 2.75. The molecule has 2 rings (SSSR count). The lowest BCUT2D eigenvalue weighted by Gasteiger charge is -2.01. The molecule has 0 saturated heterocycles. The predicted molar refractivity (Wildman–Crippen MR) is 50.3 cm³/mol. The normalized spacial score (nSPS) is 10.0. The molecule has 0 spiro atoms. The van der Waals surface area contributed by atoms with Gasteiger partial charge in [0.05, 0.1) is 17.5 Å². The Morgan fingerprint density at radius 2 is 2.36 bits per heavy atom. The van der Waals surface area contributed by atoms with Crippen molar-refractivity contribution < 1.29 is 4.79 Å². The number of aromatic amines is 1. The molecule has 2 heterocycles. The van der Waals surface area contributed by atoms with Gasteiger partial charge in [-0.25, -0.2) is 0 Å².